The van der Waals surface area contributed by atoms with Crippen molar-refractivity contribution in [3.63, 3.8) is 0 Å². The van der Waals surface area contributed by atoms with Crippen LogP contribution in [-0.4, -0.2) is 16.2 Å². The minimum absolute atomic E-state index is 0.0354. The van der Waals surface area contributed by atoms with Gasteiger partial charge < -0.3 is 5.11 Å². The largest absolute Gasteiger partial charge is 0.380 e. The van der Waals surface area contributed by atoms with E-state index in [2.05, 4.69) is 10.9 Å². The van der Waals surface area contributed by atoms with Gasteiger partial charge in [-0.1, -0.05) is 24.1 Å². The molecule has 24 heavy (non-hydrogen) atoms. The lowest BCUT2D eigenvalue weighted by Gasteiger charge is -2.09. The van der Waals surface area contributed by atoms with Gasteiger partial charge in [-0.15, -0.1) is 6.42 Å². The van der Waals surface area contributed by atoms with Gasteiger partial charge in [0.05, 0.1) is 11.1 Å². The zero-order valence-electron chi connectivity index (χ0n) is 13.1. The molecule has 0 aliphatic heterocycles. The highest BCUT2D eigenvalue weighted by molar-refractivity contribution is 5.88. The Morgan fingerprint density at radius 2 is 2.00 bits per heavy atom. The number of fused-ring (bicyclic) bond motifs is 1. The van der Waals surface area contributed by atoms with Crippen LogP contribution in [0, 0.1) is 30.9 Å². The van der Waals surface area contributed by atoms with Crippen molar-refractivity contribution < 1.29 is 13.9 Å². The zero-order valence-corrected chi connectivity index (χ0v) is 13.1. The van der Waals surface area contributed by atoms with Gasteiger partial charge in [0.15, 0.2) is 0 Å². The van der Waals surface area contributed by atoms with Crippen molar-refractivity contribution in [2.75, 3.05) is 0 Å². The summed E-state index contributed by atoms with van der Waals surface area (Å²) in [4.78, 5) is 4.21. The third-order valence-corrected chi connectivity index (χ3v) is 3.87. The molecule has 0 aliphatic carbocycles. The van der Waals surface area contributed by atoms with E-state index in [4.69, 9.17) is 6.42 Å². The Bertz CT molecular complexity index is 942. The first kappa shape index (κ1) is 16.1. The molecule has 2 nitrogen and oxygen atoms in total. The van der Waals surface area contributed by atoms with E-state index in [9.17, 15) is 13.9 Å². The maximum atomic E-state index is 14.8. The number of rotatable bonds is 3. The second-order valence-corrected chi connectivity index (χ2v) is 5.71. The van der Waals surface area contributed by atoms with Crippen LogP contribution >= 0.6 is 0 Å². The van der Waals surface area contributed by atoms with Crippen molar-refractivity contribution >= 4 is 10.8 Å². The van der Waals surface area contributed by atoms with E-state index in [1.165, 1.54) is 12.3 Å². The molecule has 0 saturated heterocycles. The Balaban J connectivity index is 2.04. The Morgan fingerprint density at radius 3 is 2.67 bits per heavy atom. The molecule has 2 aromatic carbocycles. The van der Waals surface area contributed by atoms with Gasteiger partial charge in [-0.25, -0.2) is 8.78 Å². The summed E-state index contributed by atoms with van der Waals surface area (Å²) >= 11 is 0. The van der Waals surface area contributed by atoms with Gasteiger partial charge in [-0.3, -0.25) is 4.98 Å². The molecule has 0 radical (unpaired) electrons. The Morgan fingerprint density at radius 1 is 1.21 bits per heavy atom. The first-order valence-corrected chi connectivity index (χ1v) is 7.47. The molecule has 1 heterocycles. The maximum absolute atomic E-state index is 14.8. The molecule has 4 heteroatoms. The number of pyridine rings is 1. The standard InChI is InChI=1S/C20H15F2NO/c1-3-15(24)10-13-4-7-18(23-11-13)16-6-5-14-8-12(2)9-17(21)19(14)20(16)22/h1,4-9,11,15,24H,10H2,2H3. The number of hydrogen-bond acceptors (Lipinski definition) is 2. The highest BCUT2D eigenvalue weighted by Crippen LogP contribution is 2.30. The average molecular weight is 323 g/mol. The van der Waals surface area contributed by atoms with Crippen molar-refractivity contribution in [3.05, 3.63) is 65.4 Å². The summed E-state index contributed by atoms with van der Waals surface area (Å²) in [7, 11) is 0. The number of aromatic nitrogens is 1. The fraction of sp³-hybridized carbons (Fsp3) is 0.150. The highest BCUT2D eigenvalue weighted by Gasteiger charge is 2.14. The topological polar surface area (TPSA) is 33.1 Å². The van der Waals surface area contributed by atoms with Crippen LogP contribution in [-0.2, 0) is 6.42 Å². The van der Waals surface area contributed by atoms with Crippen molar-refractivity contribution in [2.45, 2.75) is 19.4 Å². The SMILES string of the molecule is C#CC(O)Cc1ccc(-c2ccc3cc(C)cc(F)c3c2F)nc1. The summed E-state index contributed by atoms with van der Waals surface area (Å²) in [6.45, 7) is 1.76. The van der Waals surface area contributed by atoms with Gasteiger partial charge in [0.1, 0.15) is 17.7 Å². The Hall–Kier alpha value is -2.77. The lowest BCUT2D eigenvalue weighted by molar-refractivity contribution is 0.233. The fourth-order valence-corrected chi connectivity index (χ4v) is 2.70. The monoisotopic (exact) mass is 323 g/mol. The Kier molecular flexibility index (Phi) is 4.28. The maximum Gasteiger partial charge on any atom is 0.143 e. The number of benzene rings is 2. The minimum Gasteiger partial charge on any atom is -0.380 e. The van der Waals surface area contributed by atoms with Crippen molar-refractivity contribution in [1.29, 1.82) is 0 Å². The summed E-state index contributed by atoms with van der Waals surface area (Å²) in [5, 5.41) is 9.93. The number of aryl methyl sites for hydroxylation is 1. The molecule has 0 bridgehead atoms. The molecule has 0 amide bonds. The molecule has 120 valence electrons. The molecule has 3 aromatic rings. The second-order valence-electron chi connectivity index (χ2n) is 5.71. The highest BCUT2D eigenvalue weighted by atomic mass is 19.1. The smallest absolute Gasteiger partial charge is 0.143 e. The quantitative estimate of drug-likeness (QED) is 0.738. The third-order valence-electron chi connectivity index (χ3n) is 3.87. The summed E-state index contributed by atoms with van der Waals surface area (Å²) in [6.07, 6.45) is 6.06. The van der Waals surface area contributed by atoms with Gasteiger partial charge >= 0.3 is 0 Å². The summed E-state index contributed by atoms with van der Waals surface area (Å²) in [6, 6.07) is 9.68. The van der Waals surface area contributed by atoms with E-state index in [1.807, 2.05) is 0 Å². The molecular formula is C20H15F2NO. The van der Waals surface area contributed by atoms with E-state index >= 15 is 0 Å². The van der Waals surface area contributed by atoms with Crippen molar-refractivity contribution in [2.24, 2.45) is 0 Å². The van der Waals surface area contributed by atoms with E-state index in [1.54, 1.807) is 37.3 Å². The molecular weight excluding hydrogens is 308 g/mol. The van der Waals surface area contributed by atoms with E-state index in [-0.39, 0.29) is 17.4 Å². The number of aliphatic hydroxyl groups is 1. The van der Waals surface area contributed by atoms with Gasteiger partial charge in [-0.2, -0.15) is 0 Å². The summed E-state index contributed by atoms with van der Waals surface area (Å²) in [5.41, 5.74) is 2.11. The zero-order chi connectivity index (χ0) is 17.3. The van der Waals surface area contributed by atoms with Crippen LogP contribution in [0.2, 0.25) is 0 Å². The minimum atomic E-state index is -0.882. The van der Waals surface area contributed by atoms with Crippen molar-refractivity contribution in [3.8, 4) is 23.6 Å². The molecule has 1 atom stereocenters. The number of nitrogens with zero attached hydrogens (tertiary/aromatic N) is 1. The molecule has 1 N–H and O–H groups in total. The third kappa shape index (κ3) is 2.99. The lowest BCUT2D eigenvalue weighted by Crippen LogP contribution is -2.07. The number of halogens is 2. The predicted molar refractivity (Wildman–Crippen MR) is 90.4 cm³/mol. The summed E-state index contributed by atoms with van der Waals surface area (Å²) < 4.78 is 28.9. The van der Waals surface area contributed by atoms with E-state index in [0.29, 0.717) is 11.1 Å². The lowest BCUT2D eigenvalue weighted by atomic mass is 10.0. The van der Waals surface area contributed by atoms with Crippen LogP contribution in [0.5, 0.6) is 0 Å². The van der Waals surface area contributed by atoms with Crippen LogP contribution in [0.15, 0.2) is 42.6 Å². The van der Waals surface area contributed by atoms with Gasteiger partial charge in [0.2, 0.25) is 0 Å². The Labute approximate surface area is 138 Å². The van der Waals surface area contributed by atoms with Crippen LogP contribution < -0.4 is 0 Å². The fourth-order valence-electron chi connectivity index (χ4n) is 2.70. The van der Waals surface area contributed by atoms with Crippen molar-refractivity contribution in [1.82, 2.24) is 4.98 Å². The molecule has 0 spiro atoms. The van der Waals surface area contributed by atoms with Crippen LogP contribution in [0.1, 0.15) is 11.1 Å². The summed E-state index contributed by atoms with van der Waals surface area (Å²) in [5.74, 6) is 1.01. The molecule has 1 unspecified atom stereocenters. The van der Waals surface area contributed by atoms with Gasteiger partial charge in [0, 0.05) is 18.2 Å². The van der Waals surface area contributed by atoms with Gasteiger partial charge in [-0.05, 0) is 41.6 Å². The predicted octanol–water partition coefficient (Wildman–Crippen LogP) is 4.03. The molecule has 0 fully saturated rings. The molecule has 0 saturated carbocycles. The molecule has 0 aliphatic rings. The van der Waals surface area contributed by atoms with Crippen LogP contribution in [0.25, 0.3) is 22.0 Å². The first-order chi connectivity index (χ1) is 11.5. The normalized spacial score (nSPS) is 12.1. The number of terminal acetylenes is 1. The molecule has 1 aromatic heterocycles. The second kappa shape index (κ2) is 6.38. The van der Waals surface area contributed by atoms with Crippen LogP contribution in [0.4, 0.5) is 8.78 Å². The van der Waals surface area contributed by atoms with Crippen LogP contribution in [0.3, 0.4) is 0 Å². The first-order valence-electron chi connectivity index (χ1n) is 7.47. The number of aliphatic hydroxyl groups excluding tert-OH is 1. The average Bonchev–Trinajstić information content (AvgIpc) is 2.55. The molecule has 3 rings (SSSR count). The number of hydrogen-bond donors (Lipinski definition) is 1. The van der Waals surface area contributed by atoms with E-state index < -0.39 is 17.7 Å². The van der Waals surface area contributed by atoms with E-state index in [0.717, 1.165) is 11.1 Å². The van der Waals surface area contributed by atoms with Gasteiger partial charge in [0.25, 0.3) is 0 Å².